The van der Waals surface area contributed by atoms with E-state index in [0.717, 1.165) is 43.1 Å². The minimum Gasteiger partial charge on any atom is -0.396 e. The molecule has 158 valence electrons. The second-order valence-electron chi connectivity index (χ2n) is 10.0. The molecular weight excluding hydrogens is 360 g/mol. The summed E-state index contributed by atoms with van der Waals surface area (Å²) in [5.41, 5.74) is 3.75. The molecule has 1 atom stereocenters. The summed E-state index contributed by atoms with van der Waals surface area (Å²) in [5.74, 6) is 2.12. The first-order chi connectivity index (χ1) is 14.2. The van der Waals surface area contributed by atoms with E-state index in [0.29, 0.717) is 11.5 Å². The molecule has 3 fully saturated rings. The van der Waals surface area contributed by atoms with Crippen molar-refractivity contribution in [3.8, 4) is 0 Å². The van der Waals surface area contributed by atoms with Gasteiger partial charge in [-0.15, -0.1) is 0 Å². The summed E-state index contributed by atoms with van der Waals surface area (Å²) in [6.07, 6.45) is 15.4. The molecule has 1 unspecified atom stereocenters. The van der Waals surface area contributed by atoms with Crippen molar-refractivity contribution in [3.05, 3.63) is 23.5 Å². The number of hydrogen-bond acceptors (Lipinski definition) is 4. The van der Waals surface area contributed by atoms with Crippen molar-refractivity contribution in [2.75, 3.05) is 18.1 Å². The number of aromatic nitrogens is 3. The molecule has 1 saturated heterocycles. The lowest BCUT2D eigenvalue weighted by Gasteiger charge is -2.45. The number of aliphatic hydroxyl groups is 1. The van der Waals surface area contributed by atoms with E-state index < -0.39 is 0 Å². The molecule has 2 aliphatic carbocycles. The second kappa shape index (κ2) is 7.90. The lowest BCUT2D eigenvalue weighted by atomic mass is 9.60. The van der Waals surface area contributed by atoms with Crippen molar-refractivity contribution in [1.82, 2.24) is 14.6 Å². The molecule has 1 N–H and O–H groups in total. The smallest absolute Gasteiger partial charge is 0.157 e. The third-order valence-electron chi connectivity index (χ3n) is 7.89. The minimum atomic E-state index is 0.252. The summed E-state index contributed by atoms with van der Waals surface area (Å²) in [4.78, 5) is 7.30. The summed E-state index contributed by atoms with van der Waals surface area (Å²) in [7, 11) is 0. The van der Waals surface area contributed by atoms with Crippen LogP contribution in [0, 0.1) is 18.3 Å². The maximum Gasteiger partial charge on any atom is 0.157 e. The number of fused-ring (bicyclic) bond motifs is 3. The Morgan fingerprint density at radius 2 is 1.93 bits per heavy atom. The lowest BCUT2D eigenvalue weighted by molar-refractivity contribution is 0.0764. The number of nitrogens with zero attached hydrogens (tertiary/aromatic N) is 4. The summed E-state index contributed by atoms with van der Waals surface area (Å²) >= 11 is 0. The van der Waals surface area contributed by atoms with Gasteiger partial charge in [-0.1, -0.05) is 25.7 Å². The molecule has 3 aliphatic rings. The number of anilines is 1. The molecule has 3 heterocycles. The van der Waals surface area contributed by atoms with E-state index in [-0.39, 0.29) is 6.61 Å². The number of piperidine rings is 1. The molecule has 1 aliphatic heterocycles. The Balaban J connectivity index is 1.48. The standard InChI is InChI=1S/C24H36N4O/c1-18-14-23(27-12-3-2-8-21(27)9-13-29)28-22(25-18)15-20(26-28)17-24-10-4-6-19(16-24)7-5-11-24/h14-15,19,21,29H,2-13,16-17H2,1H3. The third-order valence-corrected chi connectivity index (χ3v) is 7.89. The average molecular weight is 397 g/mol. The molecule has 0 amide bonds. The van der Waals surface area contributed by atoms with Gasteiger partial charge in [0.05, 0.1) is 5.69 Å². The number of aliphatic hydroxyl groups excluding tert-OH is 1. The first-order valence-corrected chi connectivity index (χ1v) is 11.9. The summed E-state index contributed by atoms with van der Waals surface area (Å²) in [5, 5.41) is 14.7. The van der Waals surface area contributed by atoms with Gasteiger partial charge in [0.2, 0.25) is 0 Å². The second-order valence-corrected chi connectivity index (χ2v) is 10.0. The fourth-order valence-corrected chi connectivity index (χ4v) is 6.62. The number of hydrogen-bond donors (Lipinski definition) is 1. The quantitative estimate of drug-likeness (QED) is 0.797. The Morgan fingerprint density at radius 3 is 2.72 bits per heavy atom. The maximum atomic E-state index is 9.56. The first kappa shape index (κ1) is 19.3. The van der Waals surface area contributed by atoms with Crippen LogP contribution < -0.4 is 4.90 Å². The molecule has 29 heavy (non-hydrogen) atoms. The Hall–Kier alpha value is -1.62. The van der Waals surface area contributed by atoms with Gasteiger partial charge in [-0.05, 0) is 69.6 Å². The van der Waals surface area contributed by atoms with Crippen molar-refractivity contribution < 1.29 is 5.11 Å². The number of rotatable bonds is 5. The molecule has 0 radical (unpaired) electrons. The third kappa shape index (κ3) is 3.78. The van der Waals surface area contributed by atoms with Gasteiger partial charge in [0, 0.05) is 37.0 Å². The molecular formula is C24H36N4O. The van der Waals surface area contributed by atoms with E-state index in [2.05, 4.69) is 28.5 Å². The molecule has 5 nitrogen and oxygen atoms in total. The fraction of sp³-hybridized carbons (Fsp3) is 0.750. The first-order valence-electron chi connectivity index (χ1n) is 11.9. The highest BCUT2D eigenvalue weighted by Gasteiger charge is 2.39. The Kier molecular flexibility index (Phi) is 5.27. The van der Waals surface area contributed by atoms with Crippen LogP contribution in [-0.4, -0.2) is 38.9 Å². The van der Waals surface area contributed by atoms with Crippen LogP contribution in [0.1, 0.15) is 82.0 Å². The highest BCUT2D eigenvalue weighted by Crippen LogP contribution is 2.50. The predicted molar refractivity (Wildman–Crippen MR) is 116 cm³/mol. The minimum absolute atomic E-state index is 0.252. The summed E-state index contributed by atoms with van der Waals surface area (Å²) in [6, 6.07) is 4.84. The molecule has 0 aromatic carbocycles. The van der Waals surface area contributed by atoms with Crippen LogP contribution in [0.15, 0.2) is 12.1 Å². The molecule has 5 rings (SSSR count). The van der Waals surface area contributed by atoms with E-state index >= 15 is 0 Å². The van der Waals surface area contributed by atoms with Gasteiger partial charge in [0.15, 0.2) is 5.65 Å². The highest BCUT2D eigenvalue weighted by molar-refractivity contribution is 5.53. The molecule has 5 heteroatoms. The van der Waals surface area contributed by atoms with Gasteiger partial charge in [0.1, 0.15) is 5.82 Å². The lowest BCUT2D eigenvalue weighted by Crippen LogP contribution is -2.41. The zero-order valence-electron chi connectivity index (χ0n) is 17.9. The Morgan fingerprint density at radius 1 is 1.10 bits per heavy atom. The molecule has 2 aromatic rings. The monoisotopic (exact) mass is 396 g/mol. The molecule has 2 bridgehead atoms. The van der Waals surface area contributed by atoms with Crippen molar-refractivity contribution in [3.63, 3.8) is 0 Å². The zero-order valence-corrected chi connectivity index (χ0v) is 17.9. The van der Waals surface area contributed by atoms with Crippen molar-refractivity contribution in [2.45, 2.75) is 90.0 Å². The Bertz CT molecular complexity index is 848. The summed E-state index contributed by atoms with van der Waals surface area (Å²) < 4.78 is 2.10. The molecule has 2 saturated carbocycles. The summed E-state index contributed by atoms with van der Waals surface area (Å²) in [6.45, 7) is 3.39. The topological polar surface area (TPSA) is 53.7 Å². The van der Waals surface area contributed by atoms with Gasteiger partial charge in [0.25, 0.3) is 0 Å². The number of aryl methyl sites for hydroxylation is 1. The van der Waals surface area contributed by atoms with Gasteiger partial charge in [-0.25, -0.2) is 4.98 Å². The van der Waals surface area contributed by atoms with Gasteiger partial charge >= 0.3 is 0 Å². The largest absolute Gasteiger partial charge is 0.396 e. The van der Waals surface area contributed by atoms with Crippen LogP contribution >= 0.6 is 0 Å². The van der Waals surface area contributed by atoms with E-state index in [1.54, 1.807) is 0 Å². The van der Waals surface area contributed by atoms with Crippen LogP contribution in [0.4, 0.5) is 5.82 Å². The maximum absolute atomic E-state index is 9.56. The van der Waals surface area contributed by atoms with Crippen molar-refractivity contribution >= 4 is 11.5 Å². The van der Waals surface area contributed by atoms with E-state index in [1.807, 2.05) is 0 Å². The predicted octanol–water partition coefficient (Wildman–Crippen LogP) is 4.68. The van der Waals surface area contributed by atoms with E-state index in [9.17, 15) is 5.11 Å². The van der Waals surface area contributed by atoms with Crippen LogP contribution in [-0.2, 0) is 6.42 Å². The fourth-order valence-electron chi connectivity index (χ4n) is 6.62. The SMILES string of the molecule is Cc1cc(N2CCCCC2CCO)n2nc(CC34CCCC(CCC3)C4)cc2n1. The molecule has 0 spiro atoms. The van der Waals surface area contributed by atoms with Gasteiger partial charge in [-0.2, -0.15) is 9.61 Å². The highest BCUT2D eigenvalue weighted by atomic mass is 16.3. The van der Waals surface area contributed by atoms with Crippen LogP contribution in [0.5, 0.6) is 0 Å². The average Bonchev–Trinajstić information content (AvgIpc) is 3.09. The van der Waals surface area contributed by atoms with Crippen LogP contribution in [0.2, 0.25) is 0 Å². The van der Waals surface area contributed by atoms with E-state index in [4.69, 9.17) is 10.1 Å². The Labute approximate surface area is 174 Å². The van der Waals surface area contributed by atoms with Gasteiger partial charge < -0.3 is 10.0 Å². The van der Waals surface area contributed by atoms with Gasteiger partial charge in [-0.3, -0.25) is 0 Å². The van der Waals surface area contributed by atoms with E-state index in [1.165, 1.54) is 69.3 Å². The van der Waals surface area contributed by atoms with Crippen molar-refractivity contribution in [2.24, 2.45) is 11.3 Å². The van der Waals surface area contributed by atoms with Crippen LogP contribution in [0.3, 0.4) is 0 Å². The normalized spacial score (nSPS) is 30.1. The van der Waals surface area contributed by atoms with Crippen LogP contribution in [0.25, 0.3) is 5.65 Å². The molecule has 2 aromatic heterocycles. The van der Waals surface area contributed by atoms with Crippen molar-refractivity contribution in [1.29, 1.82) is 0 Å². The zero-order chi connectivity index (χ0) is 19.8.